The molecule has 1 aromatic rings. The fourth-order valence-corrected chi connectivity index (χ4v) is 2.81. The summed E-state index contributed by atoms with van der Waals surface area (Å²) >= 11 is 2.42. The van der Waals surface area contributed by atoms with Crippen molar-refractivity contribution in [1.29, 1.82) is 0 Å². The second kappa shape index (κ2) is 9.79. The van der Waals surface area contributed by atoms with Crippen molar-refractivity contribution >= 4 is 22.6 Å². The second-order valence-electron chi connectivity index (χ2n) is 4.80. The lowest BCUT2D eigenvalue weighted by atomic mass is 10.0. The molecule has 2 atom stereocenters. The Kier molecular flexibility index (Phi) is 8.68. The van der Waals surface area contributed by atoms with Gasteiger partial charge in [-0.25, -0.2) is 0 Å². The van der Waals surface area contributed by atoms with Crippen LogP contribution in [0.1, 0.15) is 51.2 Å². The van der Waals surface area contributed by atoms with E-state index in [2.05, 4.69) is 66.8 Å². The maximum absolute atomic E-state index is 6.12. The van der Waals surface area contributed by atoms with Gasteiger partial charge in [0.1, 0.15) is 0 Å². The van der Waals surface area contributed by atoms with Crippen LogP contribution in [0, 0.1) is 5.92 Å². The topological polar surface area (TPSA) is 9.23 Å². The van der Waals surface area contributed by atoms with Gasteiger partial charge in [-0.2, -0.15) is 0 Å². The van der Waals surface area contributed by atoms with E-state index in [0.29, 0.717) is 0 Å². The Hall–Kier alpha value is -0.0900. The van der Waals surface area contributed by atoms with Crippen LogP contribution in [0.5, 0.6) is 0 Å². The molecule has 0 N–H and O–H groups in total. The van der Waals surface area contributed by atoms with Gasteiger partial charge in [-0.05, 0) is 17.9 Å². The molecule has 0 aliphatic heterocycles. The Bertz CT molecular complexity index is 299. The van der Waals surface area contributed by atoms with Crippen LogP contribution < -0.4 is 0 Å². The van der Waals surface area contributed by atoms with Gasteiger partial charge in [0.15, 0.2) is 0 Å². The van der Waals surface area contributed by atoms with E-state index < -0.39 is 0 Å². The van der Waals surface area contributed by atoms with Crippen molar-refractivity contribution in [2.75, 3.05) is 11.0 Å². The van der Waals surface area contributed by atoms with Crippen molar-refractivity contribution in [2.24, 2.45) is 5.92 Å². The molecule has 0 aliphatic rings. The number of unbranched alkanes of at least 4 members (excludes halogenated alkanes) is 1. The fourth-order valence-electron chi connectivity index (χ4n) is 2.05. The molecule has 18 heavy (non-hydrogen) atoms. The van der Waals surface area contributed by atoms with Gasteiger partial charge >= 0.3 is 0 Å². The van der Waals surface area contributed by atoms with Crippen LogP contribution in [0.3, 0.4) is 0 Å². The van der Waals surface area contributed by atoms with Gasteiger partial charge in [-0.3, -0.25) is 0 Å². The average Bonchev–Trinajstić information content (AvgIpc) is 2.44. The van der Waals surface area contributed by atoms with Gasteiger partial charge in [0.05, 0.1) is 12.7 Å². The van der Waals surface area contributed by atoms with Crippen LogP contribution in [0.15, 0.2) is 30.3 Å². The van der Waals surface area contributed by atoms with Crippen LogP contribution in [0.4, 0.5) is 0 Å². The number of hydrogen-bond donors (Lipinski definition) is 0. The van der Waals surface area contributed by atoms with Gasteiger partial charge in [0.2, 0.25) is 0 Å². The molecular weight excluding hydrogens is 335 g/mol. The molecule has 1 nitrogen and oxygen atoms in total. The van der Waals surface area contributed by atoms with E-state index in [0.717, 1.165) is 17.0 Å². The molecule has 0 bridgehead atoms. The van der Waals surface area contributed by atoms with Crippen LogP contribution >= 0.6 is 22.6 Å². The summed E-state index contributed by atoms with van der Waals surface area (Å²) in [7, 11) is 0. The predicted molar refractivity (Wildman–Crippen MR) is 87.3 cm³/mol. The highest BCUT2D eigenvalue weighted by atomic mass is 127. The largest absolute Gasteiger partial charge is 0.372 e. The van der Waals surface area contributed by atoms with Gasteiger partial charge in [0.25, 0.3) is 0 Å². The number of alkyl halides is 1. The van der Waals surface area contributed by atoms with Gasteiger partial charge in [-0.15, -0.1) is 0 Å². The smallest absolute Gasteiger partial charge is 0.0914 e. The van der Waals surface area contributed by atoms with Crippen molar-refractivity contribution in [3.63, 3.8) is 0 Å². The zero-order valence-electron chi connectivity index (χ0n) is 11.6. The second-order valence-corrected chi connectivity index (χ2v) is 5.68. The van der Waals surface area contributed by atoms with Crippen molar-refractivity contribution < 1.29 is 4.74 Å². The third kappa shape index (κ3) is 5.70. The number of halogens is 1. The molecule has 2 unspecified atom stereocenters. The first kappa shape index (κ1) is 16.0. The Morgan fingerprint density at radius 1 is 1.17 bits per heavy atom. The van der Waals surface area contributed by atoms with E-state index in [1.807, 2.05) is 0 Å². The number of ether oxygens (including phenoxy) is 1. The summed E-state index contributed by atoms with van der Waals surface area (Å²) in [4.78, 5) is 0. The van der Waals surface area contributed by atoms with E-state index >= 15 is 0 Å². The molecule has 1 rings (SSSR count). The highest BCUT2D eigenvalue weighted by molar-refractivity contribution is 14.1. The minimum absolute atomic E-state index is 0.252. The number of rotatable bonds is 9. The van der Waals surface area contributed by atoms with Crippen LogP contribution in [-0.2, 0) is 4.74 Å². The first-order chi connectivity index (χ1) is 8.81. The Labute approximate surface area is 125 Å². The third-order valence-electron chi connectivity index (χ3n) is 3.39. The molecule has 1 aromatic carbocycles. The fraction of sp³-hybridized carbons (Fsp3) is 0.625. The molecular formula is C16H25IO. The SMILES string of the molecule is CCCCC(CC)COC(CI)c1ccccc1. The zero-order chi connectivity index (χ0) is 13.2. The summed E-state index contributed by atoms with van der Waals surface area (Å²) in [6.45, 7) is 5.43. The summed E-state index contributed by atoms with van der Waals surface area (Å²) in [6, 6.07) is 10.6. The summed E-state index contributed by atoms with van der Waals surface area (Å²) in [5.41, 5.74) is 1.30. The number of hydrogen-bond acceptors (Lipinski definition) is 1. The molecule has 0 aliphatic carbocycles. The third-order valence-corrected chi connectivity index (χ3v) is 4.19. The first-order valence-electron chi connectivity index (χ1n) is 7.04. The lowest BCUT2D eigenvalue weighted by molar-refractivity contribution is 0.0403. The van der Waals surface area contributed by atoms with Crippen LogP contribution in [0.2, 0.25) is 0 Å². The van der Waals surface area contributed by atoms with Crippen LogP contribution in [0.25, 0.3) is 0 Å². The van der Waals surface area contributed by atoms with E-state index in [9.17, 15) is 0 Å². The van der Waals surface area contributed by atoms with Gasteiger partial charge < -0.3 is 4.74 Å². The maximum atomic E-state index is 6.12. The molecule has 0 aromatic heterocycles. The summed E-state index contributed by atoms with van der Waals surface area (Å²) < 4.78 is 7.14. The quantitative estimate of drug-likeness (QED) is 0.423. The highest BCUT2D eigenvalue weighted by Crippen LogP contribution is 2.22. The summed E-state index contributed by atoms with van der Waals surface area (Å²) in [5, 5.41) is 0. The van der Waals surface area contributed by atoms with Crippen molar-refractivity contribution in [2.45, 2.75) is 45.6 Å². The van der Waals surface area contributed by atoms with Crippen molar-refractivity contribution in [3.05, 3.63) is 35.9 Å². The van der Waals surface area contributed by atoms with E-state index in [1.165, 1.54) is 31.2 Å². The summed E-state index contributed by atoms with van der Waals surface area (Å²) in [5.74, 6) is 0.721. The maximum Gasteiger partial charge on any atom is 0.0914 e. The Morgan fingerprint density at radius 2 is 1.89 bits per heavy atom. The molecule has 2 heteroatoms. The predicted octanol–water partition coefficient (Wildman–Crippen LogP) is 5.40. The van der Waals surface area contributed by atoms with Crippen molar-refractivity contribution in [3.8, 4) is 0 Å². The standard InChI is InChI=1S/C16H25IO/c1-3-5-9-14(4-2)13-18-16(12-17)15-10-7-6-8-11-15/h6-8,10-11,14,16H,3-5,9,12-13H2,1-2H3. The van der Waals surface area contributed by atoms with Gasteiger partial charge in [-0.1, -0.05) is 86.0 Å². The van der Waals surface area contributed by atoms with E-state index in [-0.39, 0.29) is 6.10 Å². The van der Waals surface area contributed by atoms with Gasteiger partial charge in [0, 0.05) is 4.43 Å². The van der Waals surface area contributed by atoms with Crippen molar-refractivity contribution in [1.82, 2.24) is 0 Å². The molecule has 0 fully saturated rings. The molecule has 0 saturated carbocycles. The molecule has 0 saturated heterocycles. The minimum Gasteiger partial charge on any atom is -0.372 e. The lowest BCUT2D eigenvalue weighted by Crippen LogP contribution is -2.14. The first-order valence-corrected chi connectivity index (χ1v) is 8.56. The van der Waals surface area contributed by atoms with Crippen LogP contribution in [-0.4, -0.2) is 11.0 Å². The Morgan fingerprint density at radius 3 is 2.44 bits per heavy atom. The normalized spacial score (nSPS) is 14.4. The summed E-state index contributed by atoms with van der Waals surface area (Å²) in [6.07, 6.45) is 5.38. The van der Waals surface area contributed by atoms with E-state index in [1.54, 1.807) is 0 Å². The lowest BCUT2D eigenvalue weighted by Gasteiger charge is -2.20. The molecule has 0 spiro atoms. The zero-order valence-corrected chi connectivity index (χ0v) is 13.7. The minimum atomic E-state index is 0.252. The molecule has 0 radical (unpaired) electrons. The molecule has 0 amide bonds. The number of benzene rings is 1. The molecule has 0 heterocycles. The highest BCUT2D eigenvalue weighted by Gasteiger charge is 2.13. The average molecular weight is 360 g/mol. The van der Waals surface area contributed by atoms with E-state index in [4.69, 9.17) is 4.74 Å². The Balaban J connectivity index is 2.43. The molecule has 102 valence electrons. The monoisotopic (exact) mass is 360 g/mol.